The van der Waals surface area contributed by atoms with Crippen molar-refractivity contribution in [2.45, 2.75) is 24.6 Å². The van der Waals surface area contributed by atoms with Crippen LogP contribution < -0.4 is 5.32 Å². The average Bonchev–Trinajstić information content (AvgIpc) is 3.49. The largest absolute Gasteiger partial charge is 0.381 e. The van der Waals surface area contributed by atoms with Crippen LogP contribution in [-0.2, 0) is 24.6 Å². The van der Waals surface area contributed by atoms with Gasteiger partial charge in [-0.1, -0.05) is 24.0 Å². The van der Waals surface area contributed by atoms with Crippen molar-refractivity contribution in [3.63, 3.8) is 0 Å². The Morgan fingerprint density at radius 2 is 1.52 bits per heavy atom. The van der Waals surface area contributed by atoms with E-state index in [1.807, 2.05) is 12.1 Å². The number of benzene rings is 3. The first-order valence-electron chi connectivity index (χ1n) is 12.5. The van der Waals surface area contributed by atoms with Gasteiger partial charge in [-0.05, 0) is 76.7 Å². The standard InChI is InChI=1S/C30H21F5N6O/c31-23-8-3-22(4-9-23)16-36-25-11-5-20(6-12-25)1-2-21-7-14-28(37-17-21)30(34,35)29(42,18-41-19-38-39-40-41)26-13-10-24(32)15-27(26)33/h3-15,17,19,36,42H,16,18H2. The predicted octanol–water partition coefficient (Wildman–Crippen LogP) is 5.18. The molecule has 0 radical (unpaired) electrons. The van der Waals surface area contributed by atoms with E-state index < -0.39 is 41.0 Å². The summed E-state index contributed by atoms with van der Waals surface area (Å²) in [7, 11) is 0. The fourth-order valence-corrected chi connectivity index (χ4v) is 4.15. The van der Waals surface area contributed by atoms with Crippen LogP contribution in [0.1, 0.15) is 27.9 Å². The molecule has 0 bridgehead atoms. The number of hydrogen-bond donors (Lipinski definition) is 2. The summed E-state index contributed by atoms with van der Waals surface area (Å²) in [6, 6.07) is 17.5. The van der Waals surface area contributed by atoms with Gasteiger partial charge >= 0.3 is 5.92 Å². The van der Waals surface area contributed by atoms with Crippen molar-refractivity contribution in [1.82, 2.24) is 25.2 Å². The summed E-state index contributed by atoms with van der Waals surface area (Å²) in [5.41, 5.74) is -2.25. The zero-order chi connectivity index (χ0) is 29.7. The molecular formula is C30H21F5N6O. The van der Waals surface area contributed by atoms with E-state index in [-0.39, 0.29) is 5.82 Å². The first kappa shape index (κ1) is 28.4. The first-order chi connectivity index (χ1) is 20.1. The molecule has 0 aliphatic carbocycles. The van der Waals surface area contributed by atoms with Crippen LogP contribution >= 0.6 is 0 Å². The van der Waals surface area contributed by atoms with E-state index in [4.69, 9.17) is 0 Å². The molecule has 0 saturated carbocycles. The Balaban J connectivity index is 1.33. The summed E-state index contributed by atoms with van der Waals surface area (Å²) in [6.45, 7) is -0.444. The van der Waals surface area contributed by atoms with Gasteiger partial charge in [0, 0.05) is 41.2 Å². The predicted molar refractivity (Wildman–Crippen MR) is 142 cm³/mol. The molecule has 212 valence electrons. The lowest BCUT2D eigenvalue weighted by atomic mass is 9.84. The number of anilines is 1. The molecule has 3 aromatic carbocycles. The summed E-state index contributed by atoms with van der Waals surface area (Å²) in [5.74, 6) is -1.08. The van der Waals surface area contributed by atoms with Gasteiger partial charge in [-0.2, -0.15) is 8.78 Å². The van der Waals surface area contributed by atoms with Crippen LogP contribution in [0, 0.1) is 29.3 Å². The second-order valence-corrected chi connectivity index (χ2v) is 9.31. The third-order valence-electron chi connectivity index (χ3n) is 6.41. The third kappa shape index (κ3) is 6.11. The Kier molecular flexibility index (Phi) is 7.95. The van der Waals surface area contributed by atoms with Gasteiger partial charge in [-0.25, -0.2) is 17.9 Å². The van der Waals surface area contributed by atoms with E-state index in [1.165, 1.54) is 18.2 Å². The van der Waals surface area contributed by atoms with Crippen molar-refractivity contribution >= 4 is 5.69 Å². The monoisotopic (exact) mass is 576 g/mol. The van der Waals surface area contributed by atoms with Gasteiger partial charge in [0.05, 0.1) is 6.54 Å². The second kappa shape index (κ2) is 11.8. The van der Waals surface area contributed by atoms with Crippen LogP contribution in [0.25, 0.3) is 0 Å². The van der Waals surface area contributed by atoms with E-state index >= 15 is 8.78 Å². The average molecular weight is 577 g/mol. The second-order valence-electron chi connectivity index (χ2n) is 9.31. The number of tetrazole rings is 1. The minimum atomic E-state index is -4.17. The number of rotatable bonds is 8. The summed E-state index contributed by atoms with van der Waals surface area (Å²) >= 11 is 0. The molecule has 0 fully saturated rings. The number of nitrogens with zero attached hydrogens (tertiary/aromatic N) is 5. The number of halogens is 5. The maximum atomic E-state index is 15.9. The number of aromatic nitrogens is 5. The van der Waals surface area contributed by atoms with Gasteiger partial charge < -0.3 is 10.4 Å². The van der Waals surface area contributed by atoms with Crippen LogP contribution in [0.5, 0.6) is 0 Å². The van der Waals surface area contributed by atoms with Crippen LogP contribution in [0.3, 0.4) is 0 Å². The highest BCUT2D eigenvalue weighted by atomic mass is 19.3. The minimum absolute atomic E-state index is 0.303. The minimum Gasteiger partial charge on any atom is -0.381 e. The maximum Gasteiger partial charge on any atom is 0.323 e. The fourth-order valence-electron chi connectivity index (χ4n) is 4.15. The van der Waals surface area contributed by atoms with Gasteiger partial charge in [0.15, 0.2) is 5.60 Å². The van der Waals surface area contributed by atoms with Gasteiger partial charge in [0.2, 0.25) is 0 Å². The van der Waals surface area contributed by atoms with Crippen LogP contribution in [0.15, 0.2) is 91.4 Å². The lowest BCUT2D eigenvalue weighted by molar-refractivity contribution is -0.207. The van der Waals surface area contributed by atoms with Crippen molar-refractivity contribution in [2.24, 2.45) is 0 Å². The van der Waals surface area contributed by atoms with Crippen molar-refractivity contribution in [2.75, 3.05) is 5.32 Å². The molecule has 2 N–H and O–H groups in total. The molecule has 5 rings (SSSR count). The SMILES string of the molecule is OC(Cn1cnnn1)(c1ccc(F)cc1F)C(F)(F)c1ccc(C#Cc2ccc(NCc3ccc(F)cc3)cc2)cn1. The van der Waals surface area contributed by atoms with Gasteiger partial charge in [0.1, 0.15) is 29.5 Å². The third-order valence-corrected chi connectivity index (χ3v) is 6.41. The molecule has 0 amide bonds. The summed E-state index contributed by atoms with van der Waals surface area (Å²) in [5, 5.41) is 24.7. The van der Waals surface area contributed by atoms with Gasteiger partial charge in [-0.15, -0.1) is 5.10 Å². The molecule has 2 heterocycles. The molecule has 0 aliphatic rings. The molecule has 7 nitrogen and oxygen atoms in total. The molecule has 0 spiro atoms. The normalized spacial score (nSPS) is 12.7. The highest BCUT2D eigenvalue weighted by molar-refractivity contribution is 5.50. The van der Waals surface area contributed by atoms with Gasteiger partial charge in [0.25, 0.3) is 0 Å². The Hall–Kier alpha value is -5.15. The van der Waals surface area contributed by atoms with E-state index in [1.54, 1.807) is 24.3 Å². The van der Waals surface area contributed by atoms with E-state index in [0.717, 1.165) is 46.7 Å². The molecule has 12 heteroatoms. The molecule has 0 aliphatic heterocycles. The number of nitrogens with one attached hydrogen (secondary N) is 1. The Morgan fingerprint density at radius 1 is 0.833 bits per heavy atom. The zero-order valence-corrected chi connectivity index (χ0v) is 21.6. The van der Waals surface area contributed by atoms with Crippen molar-refractivity contribution < 1.29 is 27.1 Å². The number of pyridine rings is 1. The Morgan fingerprint density at radius 3 is 2.17 bits per heavy atom. The topological polar surface area (TPSA) is 88.8 Å². The maximum absolute atomic E-state index is 15.9. The molecule has 1 atom stereocenters. The Labute approximate surface area is 236 Å². The summed E-state index contributed by atoms with van der Waals surface area (Å²) in [6.07, 6.45) is 2.08. The summed E-state index contributed by atoms with van der Waals surface area (Å²) in [4.78, 5) is 3.80. The van der Waals surface area contributed by atoms with E-state index in [2.05, 4.69) is 37.7 Å². The molecule has 1 unspecified atom stereocenters. The molecule has 5 aromatic rings. The van der Waals surface area contributed by atoms with E-state index in [0.29, 0.717) is 23.7 Å². The molecular weight excluding hydrogens is 555 g/mol. The smallest absolute Gasteiger partial charge is 0.323 e. The summed E-state index contributed by atoms with van der Waals surface area (Å²) < 4.78 is 73.7. The molecule has 42 heavy (non-hydrogen) atoms. The molecule has 2 aromatic heterocycles. The van der Waals surface area contributed by atoms with Gasteiger partial charge in [-0.3, -0.25) is 4.98 Å². The van der Waals surface area contributed by atoms with E-state index in [9.17, 15) is 18.3 Å². The lowest BCUT2D eigenvalue weighted by Gasteiger charge is -2.35. The van der Waals surface area contributed by atoms with Crippen molar-refractivity contribution in [1.29, 1.82) is 0 Å². The fraction of sp³-hybridized carbons (Fsp3) is 0.133. The quantitative estimate of drug-likeness (QED) is 0.196. The highest BCUT2D eigenvalue weighted by Crippen LogP contribution is 2.46. The zero-order valence-electron chi connectivity index (χ0n) is 21.6. The number of alkyl halides is 2. The molecule has 0 saturated heterocycles. The number of aliphatic hydroxyl groups is 1. The van der Waals surface area contributed by atoms with Crippen LogP contribution in [-0.4, -0.2) is 30.3 Å². The van der Waals surface area contributed by atoms with Crippen molar-refractivity contribution in [3.05, 3.63) is 137 Å². The Bertz CT molecular complexity index is 1720. The van der Waals surface area contributed by atoms with Crippen LogP contribution in [0.4, 0.5) is 27.6 Å². The van der Waals surface area contributed by atoms with Crippen LogP contribution in [0.2, 0.25) is 0 Å². The first-order valence-corrected chi connectivity index (χ1v) is 12.5. The van der Waals surface area contributed by atoms with Crippen molar-refractivity contribution in [3.8, 4) is 11.8 Å². The number of hydrogen-bond acceptors (Lipinski definition) is 6. The lowest BCUT2D eigenvalue weighted by Crippen LogP contribution is -2.48. The highest BCUT2D eigenvalue weighted by Gasteiger charge is 2.58.